The number of ether oxygens (including phenoxy) is 2. The lowest BCUT2D eigenvalue weighted by atomic mass is 10.1. The second-order valence-corrected chi connectivity index (χ2v) is 6.80. The smallest absolute Gasteiger partial charge is 0.323 e. The van der Waals surface area contributed by atoms with Crippen molar-refractivity contribution in [3.63, 3.8) is 0 Å². The molecule has 0 atom stereocenters. The fraction of sp³-hybridized carbons (Fsp3) is 0.389. The predicted molar refractivity (Wildman–Crippen MR) is 95.1 cm³/mol. The second-order valence-electron chi connectivity index (χ2n) is 6.80. The molecule has 2 amide bonds. The molecule has 136 valence electrons. The molecule has 2 heterocycles. The SMILES string of the molecule is COc1ccc2c(c1)OC(C)(C)CN(C(=O)Nc1nn(C)cc1C#N)C2. The van der Waals surface area contributed by atoms with Crippen LogP contribution in [0.15, 0.2) is 24.4 Å². The first-order valence-electron chi connectivity index (χ1n) is 8.17. The summed E-state index contributed by atoms with van der Waals surface area (Å²) in [6, 6.07) is 7.24. The van der Waals surface area contributed by atoms with Gasteiger partial charge >= 0.3 is 6.03 Å². The van der Waals surface area contributed by atoms with Crippen LogP contribution in [0.1, 0.15) is 25.0 Å². The molecule has 0 saturated carbocycles. The van der Waals surface area contributed by atoms with E-state index in [4.69, 9.17) is 14.7 Å². The van der Waals surface area contributed by atoms with Gasteiger partial charge in [-0.15, -0.1) is 0 Å². The average Bonchev–Trinajstić information content (AvgIpc) is 2.86. The van der Waals surface area contributed by atoms with Crippen LogP contribution in [0.5, 0.6) is 11.5 Å². The second kappa shape index (κ2) is 6.59. The highest BCUT2D eigenvalue weighted by Crippen LogP contribution is 2.32. The van der Waals surface area contributed by atoms with E-state index < -0.39 is 5.60 Å². The lowest BCUT2D eigenvalue weighted by Crippen LogP contribution is -2.45. The largest absolute Gasteiger partial charge is 0.497 e. The van der Waals surface area contributed by atoms with Gasteiger partial charge in [0.1, 0.15) is 28.7 Å². The highest BCUT2D eigenvalue weighted by molar-refractivity contribution is 5.89. The predicted octanol–water partition coefficient (Wildman–Crippen LogP) is 2.51. The van der Waals surface area contributed by atoms with Gasteiger partial charge in [0.05, 0.1) is 20.2 Å². The Balaban J connectivity index is 1.87. The molecule has 1 aromatic heterocycles. The summed E-state index contributed by atoms with van der Waals surface area (Å²) in [4.78, 5) is 14.4. The molecule has 1 N–H and O–H groups in total. The zero-order valence-corrected chi connectivity index (χ0v) is 15.2. The Kier molecular flexibility index (Phi) is 4.47. The van der Waals surface area contributed by atoms with E-state index in [1.54, 1.807) is 25.3 Å². The molecule has 0 bridgehead atoms. The van der Waals surface area contributed by atoms with Crippen LogP contribution in [0.4, 0.5) is 10.6 Å². The number of nitriles is 1. The number of benzene rings is 1. The quantitative estimate of drug-likeness (QED) is 0.893. The molecule has 1 aliphatic rings. The molecule has 0 fully saturated rings. The molecular formula is C18H21N5O3. The number of nitrogens with one attached hydrogen (secondary N) is 1. The normalized spacial score (nSPS) is 15.3. The van der Waals surface area contributed by atoms with Gasteiger partial charge < -0.3 is 14.4 Å². The first kappa shape index (κ1) is 17.6. The van der Waals surface area contributed by atoms with Crippen LogP contribution in [-0.2, 0) is 13.6 Å². The molecule has 8 heteroatoms. The Bertz CT molecular complexity index is 881. The van der Waals surface area contributed by atoms with E-state index >= 15 is 0 Å². The molecule has 0 saturated heterocycles. The van der Waals surface area contributed by atoms with Gasteiger partial charge in [-0.25, -0.2) is 4.79 Å². The van der Waals surface area contributed by atoms with Crippen molar-refractivity contribution in [3.8, 4) is 17.6 Å². The molecule has 0 spiro atoms. The first-order chi connectivity index (χ1) is 12.3. The zero-order chi connectivity index (χ0) is 18.9. The number of nitrogens with zero attached hydrogens (tertiary/aromatic N) is 4. The van der Waals surface area contributed by atoms with Gasteiger partial charge in [0.2, 0.25) is 0 Å². The van der Waals surface area contributed by atoms with Gasteiger partial charge in [0.25, 0.3) is 0 Å². The maximum atomic E-state index is 12.8. The Hall–Kier alpha value is -3.21. The first-order valence-corrected chi connectivity index (χ1v) is 8.17. The van der Waals surface area contributed by atoms with Crippen molar-refractivity contribution >= 4 is 11.8 Å². The Morgan fingerprint density at radius 2 is 2.23 bits per heavy atom. The third kappa shape index (κ3) is 3.57. The van der Waals surface area contributed by atoms with Gasteiger partial charge in [-0.1, -0.05) is 0 Å². The van der Waals surface area contributed by atoms with Gasteiger partial charge in [0.15, 0.2) is 5.82 Å². The number of methoxy groups -OCH3 is 1. The minimum Gasteiger partial charge on any atom is -0.497 e. The minimum absolute atomic E-state index is 0.248. The van der Waals surface area contributed by atoms with E-state index in [2.05, 4.69) is 10.4 Å². The third-order valence-electron chi connectivity index (χ3n) is 4.06. The number of amides is 2. The summed E-state index contributed by atoms with van der Waals surface area (Å²) in [7, 11) is 3.30. The van der Waals surface area contributed by atoms with E-state index in [0.29, 0.717) is 30.2 Å². The van der Waals surface area contributed by atoms with Gasteiger partial charge in [-0.2, -0.15) is 10.4 Å². The maximum absolute atomic E-state index is 12.8. The van der Waals surface area contributed by atoms with E-state index in [-0.39, 0.29) is 11.8 Å². The summed E-state index contributed by atoms with van der Waals surface area (Å²) >= 11 is 0. The molecule has 8 nitrogen and oxygen atoms in total. The number of carbonyl (C=O) groups excluding carboxylic acids is 1. The van der Waals surface area contributed by atoms with E-state index in [1.165, 1.54) is 4.68 Å². The summed E-state index contributed by atoms with van der Waals surface area (Å²) in [5.74, 6) is 1.64. The number of anilines is 1. The number of hydrogen-bond donors (Lipinski definition) is 1. The molecular weight excluding hydrogens is 334 g/mol. The summed E-state index contributed by atoms with van der Waals surface area (Å²) in [6.45, 7) is 4.60. The summed E-state index contributed by atoms with van der Waals surface area (Å²) < 4.78 is 12.8. The van der Waals surface area contributed by atoms with E-state index in [9.17, 15) is 4.79 Å². The maximum Gasteiger partial charge on any atom is 0.323 e. The lowest BCUT2D eigenvalue weighted by molar-refractivity contribution is 0.0833. The number of aromatic nitrogens is 2. The van der Waals surface area contributed by atoms with Crippen LogP contribution in [0.3, 0.4) is 0 Å². The zero-order valence-electron chi connectivity index (χ0n) is 15.2. The van der Waals surface area contributed by atoms with Crippen molar-refractivity contribution in [2.45, 2.75) is 26.0 Å². The number of rotatable bonds is 2. The molecule has 1 aromatic carbocycles. The third-order valence-corrected chi connectivity index (χ3v) is 4.06. The summed E-state index contributed by atoms with van der Waals surface area (Å²) in [5.41, 5.74) is 0.612. The van der Waals surface area contributed by atoms with Gasteiger partial charge in [-0.05, 0) is 26.0 Å². The van der Waals surface area contributed by atoms with E-state index in [1.807, 2.05) is 38.1 Å². The average molecular weight is 355 g/mol. The van der Waals surface area contributed by atoms with Crippen molar-refractivity contribution in [1.29, 1.82) is 5.26 Å². The van der Waals surface area contributed by atoms with Gasteiger partial charge in [-0.3, -0.25) is 10.00 Å². The number of aryl methyl sites for hydroxylation is 1. The molecule has 2 aromatic rings. The Morgan fingerprint density at radius 1 is 1.46 bits per heavy atom. The van der Waals surface area contributed by atoms with Crippen LogP contribution in [-0.4, -0.2) is 40.0 Å². The standard InChI is InChI=1S/C18H21N5O3/c1-18(2)11-23(10-12-5-6-14(25-4)7-15(12)26-18)17(24)20-16-13(8-19)9-22(3)21-16/h5-7,9H,10-11H2,1-4H3,(H,20,21,24). The Morgan fingerprint density at radius 3 is 2.92 bits per heavy atom. The highest BCUT2D eigenvalue weighted by Gasteiger charge is 2.32. The summed E-state index contributed by atoms with van der Waals surface area (Å²) in [6.07, 6.45) is 1.56. The number of carbonyl (C=O) groups is 1. The van der Waals surface area contributed by atoms with Crippen LogP contribution >= 0.6 is 0 Å². The fourth-order valence-electron chi connectivity index (χ4n) is 2.93. The number of fused-ring (bicyclic) bond motifs is 1. The van der Waals surface area contributed by atoms with Crippen molar-refractivity contribution in [1.82, 2.24) is 14.7 Å². The molecule has 0 unspecified atom stereocenters. The fourth-order valence-corrected chi connectivity index (χ4v) is 2.93. The van der Waals surface area contributed by atoms with Crippen molar-refractivity contribution in [2.24, 2.45) is 7.05 Å². The van der Waals surface area contributed by atoms with Crippen LogP contribution in [0.2, 0.25) is 0 Å². The minimum atomic E-state index is -0.586. The van der Waals surface area contributed by atoms with Crippen LogP contribution in [0.25, 0.3) is 0 Å². The van der Waals surface area contributed by atoms with Crippen molar-refractivity contribution in [2.75, 3.05) is 19.0 Å². The lowest BCUT2D eigenvalue weighted by Gasteiger charge is -2.29. The number of hydrogen-bond acceptors (Lipinski definition) is 5. The Labute approximate surface area is 151 Å². The van der Waals surface area contributed by atoms with Crippen molar-refractivity contribution in [3.05, 3.63) is 35.5 Å². The highest BCUT2D eigenvalue weighted by atomic mass is 16.5. The van der Waals surface area contributed by atoms with Crippen molar-refractivity contribution < 1.29 is 14.3 Å². The molecule has 1 aliphatic heterocycles. The molecule has 26 heavy (non-hydrogen) atoms. The van der Waals surface area contributed by atoms with Crippen LogP contribution < -0.4 is 14.8 Å². The molecule has 0 radical (unpaired) electrons. The van der Waals surface area contributed by atoms with Gasteiger partial charge in [0, 0.05) is 24.9 Å². The summed E-state index contributed by atoms with van der Waals surface area (Å²) in [5, 5.41) is 16.0. The number of urea groups is 1. The molecule has 3 rings (SSSR count). The van der Waals surface area contributed by atoms with E-state index in [0.717, 1.165) is 5.56 Å². The monoisotopic (exact) mass is 355 g/mol. The topological polar surface area (TPSA) is 92.4 Å². The van der Waals surface area contributed by atoms with Crippen LogP contribution in [0, 0.1) is 11.3 Å². The molecule has 0 aliphatic carbocycles.